The zero-order valence-electron chi connectivity index (χ0n) is 10.2. The summed E-state index contributed by atoms with van der Waals surface area (Å²) in [6.07, 6.45) is 1.97. The van der Waals surface area contributed by atoms with Crippen LogP contribution in [0.25, 0.3) is 4.96 Å². The van der Waals surface area contributed by atoms with Gasteiger partial charge in [-0.15, -0.1) is 11.3 Å². The van der Waals surface area contributed by atoms with E-state index in [2.05, 4.69) is 20.9 Å². The molecule has 0 N–H and O–H groups in total. The lowest BCUT2D eigenvalue weighted by molar-refractivity contribution is 0.627. The Bertz CT molecular complexity index is 722. The molecule has 0 fully saturated rings. The number of aromatic nitrogens is 2. The summed E-state index contributed by atoms with van der Waals surface area (Å²) in [5.41, 5.74) is 1.54. The maximum Gasteiger partial charge on any atom is 0.195 e. The van der Waals surface area contributed by atoms with Gasteiger partial charge in [0.1, 0.15) is 5.82 Å². The minimum atomic E-state index is -0.248. The number of anilines is 2. The number of benzene rings is 1. The Morgan fingerprint density at radius 3 is 2.95 bits per heavy atom. The first-order valence-electron chi connectivity index (χ1n) is 5.71. The fourth-order valence-corrected chi connectivity index (χ4v) is 3.30. The smallest absolute Gasteiger partial charge is 0.195 e. The molecular formula is C13H11BrFN3S. The van der Waals surface area contributed by atoms with Gasteiger partial charge in [-0.1, -0.05) is 28.1 Å². The molecule has 0 saturated carbocycles. The van der Waals surface area contributed by atoms with Crippen molar-refractivity contribution in [3.8, 4) is 0 Å². The molecule has 19 heavy (non-hydrogen) atoms. The topological polar surface area (TPSA) is 20.5 Å². The molecule has 0 amide bonds. The Labute approximate surface area is 122 Å². The van der Waals surface area contributed by atoms with Gasteiger partial charge in [-0.3, -0.25) is 4.40 Å². The van der Waals surface area contributed by atoms with Gasteiger partial charge < -0.3 is 4.90 Å². The number of nitrogens with zero attached hydrogens (tertiary/aromatic N) is 3. The molecule has 2 heterocycles. The van der Waals surface area contributed by atoms with E-state index >= 15 is 0 Å². The average Bonchev–Trinajstić information content (AvgIpc) is 2.98. The van der Waals surface area contributed by atoms with Crippen molar-refractivity contribution in [1.82, 2.24) is 9.38 Å². The molecule has 0 aliphatic carbocycles. The van der Waals surface area contributed by atoms with Gasteiger partial charge in [0.2, 0.25) is 0 Å². The first kappa shape index (κ1) is 12.6. The average molecular weight is 340 g/mol. The van der Waals surface area contributed by atoms with E-state index in [1.165, 1.54) is 6.07 Å². The number of fused-ring (bicyclic) bond motifs is 1. The lowest BCUT2D eigenvalue weighted by atomic mass is 10.3. The fraction of sp³-hybridized carbons (Fsp3) is 0.154. The molecule has 0 radical (unpaired) electrons. The van der Waals surface area contributed by atoms with Crippen LogP contribution < -0.4 is 4.90 Å². The van der Waals surface area contributed by atoms with Gasteiger partial charge in [-0.05, 0) is 12.1 Å². The summed E-state index contributed by atoms with van der Waals surface area (Å²) in [4.78, 5) is 7.26. The highest BCUT2D eigenvalue weighted by Crippen LogP contribution is 2.31. The van der Waals surface area contributed by atoms with Crippen LogP contribution in [-0.4, -0.2) is 16.4 Å². The molecule has 98 valence electrons. The van der Waals surface area contributed by atoms with E-state index in [1.807, 2.05) is 29.1 Å². The number of hydrogen-bond donors (Lipinski definition) is 0. The molecule has 6 heteroatoms. The van der Waals surface area contributed by atoms with Gasteiger partial charge in [0.05, 0.1) is 11.4 Å². The van der Waals surface area contributed by atoms with Crippen LogP contribution in [0.5, 0.6) is 0 Å². The van der Waals surface area contributed by atoms with Crippen molar-refractivity contribution in [3.63, 3.8) is 0 Å². The van der Waals surface area contributed by atoms with Crippen LogP contribution in [0.2, 0.25) is 0 Å². The van der Waals surface area contributed by atoms with Crippen LogP contribution in [0, 0.1) is 5.82 Å². The molecular weight excluding hydrogens is 329 g/mol. The molecule has 0 atom stereocenters. The fourth-order valence-electron chi connectivity index (χ4n) is 2.05. The Kier molecular flexibility index (Phi) is 3.28. The Morgan fingerprint density at radius 2 is 2.21 bits per heavy atom. The number of rotatable bonds is 3. The first-order valence-corrected chi connectivity index (χ1v) is 7.71. The molecule has 3 rings (SSSR count). The Balaban J connectivity index is 2.13. The number of imidazole rings is 1. The van der Waals surface area contributed by atoms with Crippen LogP contribution >= 0.6 is 27.3 Å². The Hall–Kier alpha value is -1.40. The monoisotopic (exact) mass is 339 g/mol. The molecule has 0 saturated heterocycles. The van der Waals surface area contributed by atoms with Crippen molar-refractivity contribution in [2.24, 2.45) is 0 Å². The van der Waals surface area contributed by atoms with Gasteiger partial charge in [0, 0.05) is 24.0 Å². The summed E-state index contributed by atoms with van der Waals surface area (Å²) in [6.45, 7) is 0. The summed E-state index contributed by atoms with van der Waals surface area (Å²) in [5.74, 6) is 0.524. The molecule has 3 aromatic rings. The number of thiazole rings is 1. The standard InChI is InChI=1S/C13H11BrFN3S/c1-17(10-5-3-2-4-9(10)15)12-11(8-14)18-6-7-19-13(18)16-12/h2-7H,8H2,1H3. The number of hydrogen-bond acceptors (Lipinski definition) is 3. The minimum absolute atomic E-state index is 0.248. The molecule has 0 bridgehead atoms. The lowest BCUT2D eigenvalue weighted by Gasteiger charge is -2.18. The second kappa shape index (κ2) is 4.94. The summed E-state index contributed by atoms with van der Waals surface area (Å²) < 4.78 is 15.9. The van der Waals surface area contributed by atoms with Crippen molar-refractivity contribution in [2.75, 3.05) is 11.9 Å². The SMILES string of the molecule is CN(c1ccccc1F)c1nc2sccn2c1CBr. The quantitative estimate of drug-likeness (QED) is 0.666. The number of alkyl halides is 1. The highest BCUT2D eigenvalue weighted by molar-refractivity contribution is 9.08. The third-order valence-electron chi connectivity index (χ3n) is 3.00. The van der Waals surface area contributed by atoms with Gasteiger partial charge >= 0.3 is 0 Å². The highest BCUT2D eigenvalue weighted by atomic mass is 79.9. The number of para-hydroxylation sites is 1. The maximum absolute atomic E-state index is 13.9. The normalized spacial score (nSPS) is 11.1. The van der Waals surface area contributed by atoms with Crippen molar-refractivity contribution in [1.29, 1.82) is 0 Å². The van der Waals surface area contributed by atoms with Crippen LogP contribution in [-0.2, 0) is 5.33 Å². The second-order valence-corrected chi connectivity index (χ2v) is 5.52. The molecule has 2 aromatic heterocycles. The first-order chi connectivity index (χ1) is 9.22. The summed E-state index contributed by atoms with van der Waals surface area (Å²) in [7, 11) is 1.83. The molecule has 0 aliphatic heterocycles. The molecule has 1 aromatic carbocycles. The predicted octanol–water partition coefficient (Wildman–Crippen LogP) is 4.20. The van der Waals surface area contributed by atoms with Crippen molar-refractivity contribution in [2.45, 2.75) is 5.33 Å². The second-order valence-electron chi connectivity index (χ2n) is 4.08. The third kappa shape index (κ3) is 2.04. The zero-order valence-corrected chi connectivity index (χ0v) is 12.6. The van der Waals surface area contributed by atoms with Gasteiger partial charge in [-0.25, -0.2) is 9.37 Å². The summed E-state index contributed by atoms with van der Waals surface area (Å²) >= 11 is 5.04. The molecule has 0 spiro atoms. The summed E-state index contributed by atoms with van der Waals surface area (Å²) in [5, 5.41) is 2.65. The lowest BCUT2D eigenvalue weighted by Crippen LogP contribution is -2.13. The van der Waals surface area contributed by atoms with E-state index in [-0.39, 0.29) is 5.82 Å². The van der Waals surface area contributed by atoms with E-state index in [1.54, 1.807) is 28.4 Å². The van der Waals surface area contributed by atoms with Gasteiger partial charge in [0.25, 0.3) is 0 Å². The predicted molar refractivity (Wildman–Crippen MR) is 80.2 cm³/mol. The van der Waals surface area contributed by atoms with Gasteiger partial charge in [-0.2, -0.15) is 0 Å². The van der Waals surface area contributed by atoms with E-state index < -0.39 is 0 Å². The summed E-state index contributed by atoms with van der Waals surface area (Å²) in [6, 6.07) is 6.71. The van der Waals surface area contributed by atoms with Crippen molar-refractivity contribution in [3.05, 3.63) is 47.4 Å². The van der Waals surface area contributed by atoms with E-state index in [4.69, 9.17) is 0 Å². The third-order valence-corrected chi connectivity index (χ3v) is 4.29. The highest BCUT2D eigenvalue weighted by Gasteiger charge is 2.18. The van der Waals surface area contributed by atoms with Crippen LogP contribution in [0.15, 0.2) is 35.8 Å². The Morgan fingerprint density at radius 1 is 1.42 bits per heavy atom. The van der Waals surface area contributed by atoms with Crippen LogP contribution in [0.3, 0.4) is 0 Å². The van der Waals surface area contributed by atoms with E-state index in [0.29, 0.717) is 11.0 Å². The van der Waals surface area contributed by atoms with Gasteiger partial charge in [0.15, 0.2) is 10.8 Å². The van der Waals surface area contributed by atoms with E-state index in [0.717, 1.165) is 16.5 Å². The number of halogens is 2. The molecule has 0 aliphatic rings. The van der Waals surface area contributed by atoms with Crippen molar-refractivity contribution < 1.29 is 4.39 Å². The molecule has 0 unspecified atom stereocenters. The van der Waals surface area contributed by atoms with E-state index in [9.17, 15) is 4.39 Å². The zero-order chi connectivity index (χ0) is 13.4. The minimum Gasteiger partial charge on any atom is -0.325 e. The molecule has 3 nitrogen and oxygen atoms in total. The van der Waals surface area contributed by atoms with Crippen LogP contribution in [0.4, 0.5) is 15.9 Å². The largest absolute Gasteiger partial charge is 0.325 e. The maximum atomic E-state index is 13.9. The van der Waals surface area contributed by atoms with Crippen molar-refractivity contribution >= 4 is 43.7 Å². The van der Waals surface area contributed by atoms with Crippen LogP contribution in [0.1, 0.15) is 5.69 Å².